The molecule has 2 heteroatoms. The first-order valence-electron chi connectivity index (χ1n) is 4.51. The van der Waals surface area contributed by atoms with Gasteiger partial charge in [-0.2, -0.15) is 0 Å². The summed E-state index contributed by atoms with van der Waals surface area (Å²) in [5.74, 6) is 0.830. The van der Waals surface area contributed by atoms with Crippen molar-refractivity contribution >= 4 is 5.97 Å². The Labute approximate surface area is 77.5 Å². The summed E-state index contributed by atoms with van der Waals surface area (Å²) in [6, 6.07) is 7.72. The lowest BCUT2D eigenvalue weighted by Gasteiger charge is -2.26. The van der Waals surface area contributed by atoms with Gasteiger partial charge in [-0.25, -0.2) is 0 Å². The van der Waals surface area contributed by atoms with Gasteiger partial charge < -0.3 is 4.74 Å². The third-order valence-electron chi connectivity index (χ3n) is 2.74. The van der Waals surface area contributed by atoms with Crippen LogP contribution in [0.5, 0.6) is 5.75 Å². The first-order valence-corrected chi connectivity index (χ1v) is 4.51. The Morgan fingerprint density at radius 1 is 1.15 bits per heavy atom. The van der Waals surface area contributed by atoms with E-state index in [2.05, 4.69) is 6.92 Å². The fourth-order valence-corrected chi connectivity index (χ4v) is 1.62. The topological polar surface area (TPSA) is 26.3 Å². The molecule has 13 heavy (non-hydrogen) atoms. The summed E-state index contributed by atoms with van der Waals surface area (Å²) in [4.78, 5) is 11.3. The van der Waals surface area contributed by atoms with Crippen molar-refractivity contribution in [3.8, 4) is 5.75 Å². The lowest BCUT2D eigenvalue weighted by Crippen LogP contribution is -2.27. The van der Waals surface area contributed by atoms with E-state index in [9.17, 15) is 4.79 Å². The summed E-state index contributed by atoms with van der Waals surface area (Å²) >= 11 is 0. The number of benzene rings is 1. The van der Waals surface area contributed by atoms with Crippen molar-refractivity contribution < 1.29 is 9.53 Å². The van der Waals surface area contributed by atoms with Crippen LogP contribution in [0.1, 0.15) is 25.3 Å². The van der Waals surface area contributed by atoms with Crippen LogP contribution in [-0.2, 0) is 4.79 Å². The zero-order valence-corrected chi connectivity index (χ0v) is 7.78. The Balaban J connectivity index is 2.49. The van der Waals surface area contributed by atoms with Gasteiger partial charge in [-0.15, -0.1) is 0 Å². The second-order valence-corrected chi connectivity index (χ2v) is 3.54. The molecule has 2 nitrogen and oxygen atoms in total. The monoisotopic (exact) mass is 176 g/mol. The average molecular weight is 176 g/mol. The Kier molecular flexibility index (Phi) is 1.83. The minimum Gasteiger partial charge on any atom is -0.426 e. The summed E-state index contributed by atoms with van der Waals surface area (Å²) in [7, 11) is 0. The maximum Gasteiger partial charge on any atom is 0.314 e. The maximum atomic E-state index is 11.3. The lowest BCUT2D eigenvalue weighted by atomic mass is 9.86. The quantitative estimate of drug-likeness (QED) is 0.448. The molecule has 2 atom stereocenters. The van der Waals surface area contributed by atoms with E-state index in [4.69, 9.17) is 4.74 Å². The number of fused-ring (bicyclic) bond motifs is 1. The van der Waals surface area contributed by atoms with Crippen molar-refractivity contribution in [3.63, 3.8) is 0 Å². The number of rotatable bonds is 0. The zero-order valence-electron chi connectivity index (χ0n) is 7.78. The molecule has 1 heterocycles. The minimum absolute atomic E-state index is 0.0325. The SMILES string of the molecule is CC1C(=O)Oc2ccccc2C1C. The van der Waals surface area contributed by atoms with E-state index in [0.717, 1.165) is 11.3 Å². The molecule has 0 radical (unpaired) electrons. The molecule has 1 aliphatic heterocycles. The predicted octanol–water partition coefficient (Wildman–Crippen LogP) is 2.35. The summed E-state index contributed by atoms with van der Waals surface area (Å²) in [5, 5.41) is 0. The van der Waals surface area contributed by atoms with Crippen LogP contribution in [0.2, 0.25) is 0 Å². The molecule has 0 aliphatic carbocycles. The van der Waals surface area contributed by atoms with E-state index in [1.807, 2.05) is 31.2 Å². The highest BCUT2D eigenvalue weighted by molar-refractivity contribution is 5.78. The lowest BCUT2D eigenvalue weighted by molar-refractivity contribution is -0.140. The van der Waals surface area contributed by atoms with Gasteiger partial charge in [0, 0.05) is 0 Å². The van der Waals surface area contributed by atoms with Crippen LogP contribution in [0.3, 0.4) is 0 Å². The van der Waals surface area contributed by atoms with Crippen LogP contribution in [0.4, 0.5) is 0 Å². The second-order valence-electron chi connectivity index (χ2n) is 3.54. The van der Waals surface area contributed by atoms with Crippen LogP contribution >= 0.6 is 0 Å². The van der Waals surface area contributed by atoms with Gasteiger partial charge in [0.25, 0.3) is 0 Å². The van der Waals surface area contributed by atoms with Gasteiger partial charge in [-0.1, -0.05) is 32.0 Å². The zero-order chi connectivity index (χ0) is 9.42. The summed E-state index contributed by atoms with van der Waals surface area (Å²) in [5.41, 5.74) is 1.13. The molecule has 0 N–H and O–H groups in total. The highest BCUT2D eigenvalue weighted by Crippen LogP contribution is 2.36. The highest BCUT2D eigenvalue weighted by atomic mass is 16.5. The molecule has 0 spiro atoms. The molecule has 0 saturated carbocycles. The van der Waals surface area contributed by atoms with Crippen molar-refractivity contribution in [3.05, 3.63) is 29.8 Å². The first-order chi connectivity index (χ1) is 6.20. The molecule has 0 saturated heterocycles. The minimum atomic E-state index is -0.119. The summed E-state index contributed by atoms with van der Waals surface area (Å²) in [6.45, 7) is 3.97. The van der Waals surface area contributed by atoms with Crippen molar-refractivity contribution in [2.45, 2.75) is 19.8 Å². The molecule has 2 unspecified atom stereocenters. The number of hydrogen-bond donors (Lipinski definition) is 0. The molecule has 0 aromatic heterocycles. The van der Waals surface area contributed by atoms with E-state index in [-0.39, 0.29) is 17.8 Å². The first kappa shape index (κ1) is 8.30. The number of carbonyl (C=O) groups is 1. The van der Waals surface area contributed by atoms with Gasteiger partial charge in [0.15, 0.2) is 0 Å². The maximum absolute atomic E-state index is 11.3. The third kappa shape index (κ3) is 1.22. The smallest absolute Gasteiger partial charge is 0.314 e. The molecular formula is C11H12O2. The standard InChI is InChI=1S/C11H12O2/c1-7-8(2)11(12)13-10-6-4-3-5-9(7)10/h3-8H,1-2H3. The molecule has 2 rings (SSSR count). The average Bonchev–Trinajstić information content (AvgIpc) is 2.15. The third-order valence-corrected chi connectivity index (χ3v) is 2.74. The van der Waals surface area contributed by atoms with Crippen molar-refractivity contribution in [2.75, 3.05) is 0 Å². The van der Waals surface area contributed by atoms with Crippen molar-refractivity contribution in [1.29, 1.82) is 0 Å². The van der Waals surface area contributed by atoms with Crippen LogP contribution in [-0.4, -0.2) is 5.97 Å². The Hall–Kier alpha value is -1.31. The number of esters is 1. The Morgan fingerprint density at radius 3 is 2.62 bits per heavy atom. The van der Waals surface area contributed by atoms with Crippen LogP contribution in [0.15, 0.2) is 24.3 Å². The van der Waals surface area contributed by atoms with E-state index in [1.54, 1.807) is 0 Å². The molecule has 68 valence electrons. The van der Waals surface area contributed by atoms with Gasteiger partial charge in [-0.3, -0.25) is 4.79 Å². The normalized spacial score (nSPS) is 26.5. The van der Waals surface area contributed by atoms with Crippen LogP contribution in [0, 0.1) is 5.92 Å². The van der Waals surface area contributed by atoms with Gasteiger partial charge in [0.2, 0.25) is 0 Å². The molecule has 1 aromatic rings. The van der Waals surface area contributed by atoms with Gasteiger partial charge in [0.05, 0.1) is 5.92 Å². The number of carbonyl (C=O) groups excluding carboxylic acids is 1. The molecular weight excluding hydrogens is 164 g/mol. The summed E-state index contributed by atoms with van der Waals surface area (Å²) in [6.07, 6.45) is 0. The van der Waals surface area contributed by atoms with E-state index in [1.165, 1.54) is 0 Å². The largest absolute Gasteiger partial charge is 0.426 e. The van der Waals surface area contributed by atoms with Gasteiger partial charge in [-0.05, 0) is 17.5 Å². The molecule has 0 amide bonds. The predicted molar refractivity (Wildman–Crippen MR) is 49.7 cm³/mol. The van der Waals surface area contributed by atoms with E-state index < -0.39 is 0 Å². The number of hydrogen-bond acceptors (Lipinski definition) is 2. The molecule has 1 aliphatic rings. The molecule has 1 aromatic carbocycles. The summed E-state index contributed by atoms with van der Waals surface area (Å²) < 4.78 is 5.18. The number of ether oxygens (including phenoxy) is 1. The van der Waals surface area contributed by atoms with Crippen molar-refractivity contribution in [2.24, 2.45) is 5.92 Å². The van der Waals surface area contributed by atoms with Gasteiger partial charge in [0.1, 0.15) is 5.75 Å². The van der Waals surface area contributed by atoms with Gasteiger partial charge >= 0.3 is 5.97 Å². The second kappa shape index (κ2) is 2.87. The fraction of sp³-hybridized carbons (Fsp3) is 0.364. The van der Waals surface area contributed by atoms with Crippen molar-refractivity contribution in [1.82, 2.24) is 0 Å². The fourth-order valence-electron chi connectivity index (χ4n) is 1.62. The molecule has 0 fully saturated rings. The Bertz CT molecular complexity index is 344. The van der Waals surface area contributed by atoms with Crippen LogP contribution in [0.25, 0.3) is 0 Å². The number of para-hydroxylation sites is 1. The van der Waals surface area contributed by atoms with E-state index >= 15 is 0 Å². The Morgan fingerprint density at radius 2 is 1.85 bits per heavy atom. The van der Waals surface area contributed by atoms with E-state index in [0.29, 0.717) is 0 Å². The van der Waals surface area contributed by atoms with Crippen LogP contribution < -0.4 is 4.74 Å². The highest BCUT2D eigenvalue weighted by Gasteiger charge is 2.30. The molecule has 0 bridgehead atoms.